The number of benzene rings is 2. The van der Waals surface area contributed by atoms with E-state index in [1.54, 1.807) is 30.6 Å². The summed E-state index contributed by atoms with van der Waals surface area (Å²) in [6, 6.07) is 10.8. The standard InChI is InChI=1S/C29H29BrN2O5S/c1-6-13-37-26-21(30)14-19(15-22(26)35-7-2)16-23-27(33)32-25(20-11-9-17(4)10-12-20)24(28(34)36-8-3)18(5)31-29(32)38-23/h6,9-12,14-16,25H,1,7-8,13H2,2-5H3/b23-16-/t25-/m0/s1. The highest BCUT2D eigenvalue weighted by Gasteiger charge is 2.33. The van der Waals surface area contributed by atoms with Gasteiger partial charge in [-0.2, -0.15) is 0 Å². The van der Waals surface area contributed by atoms with Gasteiger partial charge in [-0.25, -0.2) is 9.79 Å². The normalized spacial score (nSPS) is 15.1. The number of ether oxygens (including phenoxy) is 3. The fourth-order valence-electron chi connectivity index (χ4n) is 4.22. The van der Waals surface area contributed by atoms with E-state index in [0.717, 1.165) is 16.7 Å². The highest BCUT2D eigenvalue weighted by Crippen LogP contribution is 2.37. The Morgan fingerprint density at radius 3 is 2.55 bits per heavy atom. The van der Waals surface area contributed by atoms with Crippen molar-refractivity contribution < 1.29 is 19.0 Å². The van der Waals surface area contributed by atoms with Crippen molar-refractivity contribution in [2.24, 2.45) is 4.99 Å². The molecule has 3 aromatic rings. The van der Waals surface area contributed by atoms with Crippen molar-refractivity contribution >= 4 is 39.3 Å². The second-order valence-corrected chi connectivity index (χ2v) is 10.4. The van der Waals surface area contributed by atoms with Gasteiger partial charge in [-0.15, -0.1) is 0 Å². The summed E-state index contributed by atoms with van der Waals surface area (Å²) >= 11 is 4.84. The number of carbonyl (C=O) groups excluding carboxylic acids is 1. The average molecular weight is 598 g/mol. The molecule has 9 heteroatoms. The molecule has 38 heavy (non-hydrogen) atoms. The van der Waals surface area contributed by atoms with Gasteiger partial charge in [-0.1, -0.05) is 53.8 Å². The highest BCUT2D eigenvalue weighted by molar-refractivity contribution is 9.10. The number of esters is 1. The summed E-state index contributed by atoms with van der Waals surface area (Å²) in [7, 11) is 0. The first-order valence-corrected chi connectivity index (χ1v) is 13.9. The van der Waals surface area contributed by atoms with Crippen molar-refractivity contribution in [3.63, 3.8) is 0 Å². The molecule has 2 heterocycles. The van der Waals surface area contributed by atoms with Gasteiger partial charge < -0.3 is 14.2 Å². The zero-order valence-corrected chi connectivity index (χ0v) is 24.1. The highest BCUT2D eigenvalue weighted by atomic mass is 79.9. The Kier molecular flexibility index (Phi) is 8.69. The summed E-state index contributed by atoms with van der Waals surface area (Å²) in [5.41, 5.74) is 3.30. The maximum atomic E-state index is 13.8. The fraction of sp³-hybridized carbons (Fsp3) is 0.276. The Morgan fingerprint density at radius 2 is 1.89 bits per heavy atom. The molecule has 198 valence electrons. The minimum Gasteiger partial charge on any atom is -0.490 e. The summed E-state index contributed by atoms with van der Waals surface area (Å²) in [5, 5.41) is 0. The molecule has 0 amide bonds. The number of nitrogens with zero attached hydrogens (tertiary/aromatic N) is 2. The van der Waals surface area contributed by atoms with Crippen LogP contribution in [0.25, 0.3) is 6.08 Å². The first kappa shape index (κ1) is 27.6. The van der Waals surface area contributed by atoms with Gasteiger partial charge in [0, 0.05) is 0 Å². The molecule has 1 aliphatic heterocycles. The van der Waals surface area contributed by atoms with Crippen LogP contribution < -0.4 is 24.4 Å². The molecule has 0 spiro atoms. The molecular formula is C29H29BrN2O5S. The molecule has 0 unspecified atom stereocenters. The van der Waals surface area contributed by atoms with E-state index in [2.05, 4.69) is 27.5 Å². The number of carbonyl (C=O) groups is 1. The molecule has 0 bridgehead atoms. The van der Waals surface area contributed by atoms with Crippen LogP contribution in [0.5, 0.6) is 11.5 Å². The molecule has 0 aliphatic carbocycles. The number of hydrogen-bond donors (Lipinski definition) is 0. The van der Waals surface area contributed by atoms with Crippen molar-refractivity contribution in [3.8, 4) is 11.5 Å². The van der Waals surface area contributed by atoms with Gasteiger partial charge in [-0.05, 0) is 73.0 Å². The molecule has 0 saturated carbocycles. The molecular weight excluding hydrogens is 568 g/mol. The van der Waals surface area contributed by atoms with Gasteiger partial charge in [0.05, 0.1) is 39.5 Å². The van der Waals surface area contributed by atoms with E-state index in [4.69, 9.17) is 14.2 Å². The van der Waals surface area contributed by atoms with E-state index >= 15 is 0 Å². The van der Waals surface area contributed by atoms with Crippen molar-refractivity contribution in [2.75, 3.05) is 19.8 Å². The molecule has 0 N–H and O–H groups in total. The van der Waals surface area contributed by atoms with Crippen LogP contribution in [-0.4, -0.2) is 30.4 Å². The number of halogens is 1. The predicted molar refractivity (Wildman–Crippen MR) is 153 cm³/mol. The van der Waals surface area contributed by atoms with Gasteiger partial charge in [0.2, 0.25) is 0 Å². The van der Waals surface area contributed by atoms with Crippen LogP contribution in [0.15, 0.2) is 74.6 Å². The third kappa shape index (κ3) is 5.54. The molecule has 1 atom stereocenters. The third-order valence-corrected chi connectivity index (χ3v) is 7.46. The second kappa shape index (κ2) is 12.0. The van der Waals surface area contributed by atoms with Crippen LogP contribution in [-0.2, 0) is 9.53 Å². The monoisotopic (exact) mass is 596 g/mol. The van der Waals surface area contributed by atoms with Crippen LogP contribution in [0, 0.1) is 6.92 Å². The van der Waals surface area contributed by atoms with Crippen LogP contribution in [0.2, 0.25) is 0 Å². The Labute approximate surface area is 233 Å². The lowest BCUT2D eigenvalue weighted by Crippen LogP contribution is -2.39. The van der Waals surface area contributed by atoms with E-state index in [1.165, 1.54) is 11.3 Å². The zero-order chi connectivity index (χ0) is 27.4. The van der Waals surface area contributed by atoms with Crippen LogP contribution in [0.1, 0.15) is 43.5 Å². The smallest absolute Gasteiger partial charge is 0.338 e. The van der Waals surface area contributed by atoms with E-state index in [-0.39, 0.29) is 12.2 Å². The van der Waals surface area contributed by atoms with Gasteiger partial charge in [0.25, 0.3) is 5.56 Å². The van der Waals surface area contributed by atoms with E-state index in [1.807, 2.05) is 50.2 Å². The maximum absolute atomic E-state index is 13.8. The maximum Gasteiger partial charge on any atom is 0.338 e. The van der Waals surface area contributed by atoms with Crippen LogP contribution in [0.3, 0.4) is 0 Å². The first-order valence-electron chi connectivity index (χ1n) is 12.2. The zero-order valence-electron chi connectivity index (χ0n) is 21.7. The number of rotatable bonds is 9. The van der Waals surface area contributed by atoms with Gasteiger partial charge in [0.15, 0.2) is 16.3 Å². The summed E-state index contributed by atoms with van der Waals surface area (Å²) in [4.78, 5) is 32.0. The van der Waals surface area contributed by atoms with Crippen molar-refractivity contribution in [1.29, 1.82) is 0 Å². The van der Waals surface area contributed by atoms with Crippen LogP contribution in [0.4, 0.5) is 0 Å². The number of aryl methyl sites for hydroxylation is 1. The summed E-state index contributed by atoms with van der Waals surface area (Å²) < 4.78 is 19.7. The van der Waals surface area contributed by atoms with Crippen molar-refractivity contribution in [2.45, 2.75) is 33.7 Å². The Balaban J connectivity index is 1.90. The fourth-order valence-corrected chi connectivity index (χ4v) is 5.84. The largest absolute Gasteiger partial charge is 0.490 e. The number of fused-ring (bicyclic) bond motifs is 1. The lowest BCUT2D eigenvalue weighted by atomic mass is 9.95. The summed E-state index contributed by atoms with van der Waals surface area (Å²) in [5.74, 6) is 0.647. The van der Waals surface area contributed by atoms with Crippen LogP contribution >= 0.6 is 27.3 Å². The third-order valence-electron chi connectivity index (χ3n) is 5.89. The number of thiazole rings is 1. The minimum atomic E-state index is -0.645. The number of aromatic nitrogens is 1. The Bertz CT molecular complexity index is 1580. The van der Waals surface area contributed by atoms with E-state index < -0.39 is 12.0 Å². The van der Waals surface area contributed by atoms with Crippen molar-refractivity contribution in [1.82, 2.24) is 4.57 Å². The van der Waals surface area contributed by atoms with Gasteiger partial charge >= 0.3 is 5.97 Å². The molecule has 0 saturated heterocycles. The van der Waals surface area contributed by atoms with E-state index in [9.17, 15) is 9.59 Å². The Hall–Kier alpha value is -3.43. The Morgan fingerprint density at radius 1 is 1.16 bits per heavy atom. The molecule has 1 aromatic heterocycles. The first-order chi connectivity index (χ1) is 18.3. The van der Waals surface area contributed by atoms with E-state index in [0.29, 0.717) is 49.8 Å². The topological polar surface area (TPSA) is 79.1 Å². The van der Waals surface area contributed by atoms with Gasteiger partial charge in [-0.3, -0.25) is 9.36 Å². The molecule has 2 aromatic carbocycles. The lowest BCUT2D eigenvalue weighted by molar-refractivity contribution is -0.139. The van der Waals surface area contributed by atoms with Gasteiger partial charge in [0.1, 0.15) is 6.61 Å². The molecule has 0 radical (unpaired) electrons. The molecule has 4 rings (SSSR count). The quantitative estimate of drug-likeness (QED) is 0.261. The number of allylic oxidation sites excluding steroid dienone is 1. The molecule has 7 nitrogen and oxygen atoms in total. The summed E-state index contributed by atoms with van der Waals surface area (Å²) in [6.45, 7) is 12.1. The SMILES string of the molecule is C=CCOc1c(Br)cc(/C=c2\sc3n(c2=O)[C@@H](c2ccc(C)cc2)C(C(=O)OCC)=C(C)N=3)cc1OCC. The molecule has 0 fully saturated rings. The number of hydrogen-bond acceptors (Lipinski definition) is 7. The minimum absolute atomic E-state index is 0.226. The predicted octanol–water partition coefficient (Wildman–Crippen LogP) is 4.83. The average Bonchev–Trinajstić information content (AvgIpc) is 3.17. The second-order valence-electron chi connectivity index (χ2n) is 8.58. The summed E-state index contributed by atoms with van der Waals surface area (Å²) in [6.07, 6.45) is 3.46. The lowest BCUT2D eigenvalue weighted by Gasteiger charge is -2.24. The molecule has 1 aliphatic rings. The van der Waals surface area contributed by atoms with Crippen molar-refractivity contribution in [3.05, 3.63) is 101 Å².